The van der Waals surface area contributed by atoms with Crippen LogP contribution in [0.2, 0.25) is 0 Å². The molecule has 2 aromatic heterocycles. The normalized spacial score (nSPS) is 21.4. The van der Waals surface area contributed by atoms with E-state index in [1.165, 1.54) is 0 Å². The molecule has 3 heterocycles. The number of hydrogen-bond donors (Lipinski definition) is 0. The third-order valence-electron chi connectivity index (χ3n) is 4.42. The maximum Gasteiger partial charge on any atom is 0.255 e. The molecule has 6 heteroatoms. The van der Waals surface area contributed by atoms with Gasteiger partial charge in [0.2, 0.25) is 5.95 Å². The van der Waals surface area contributed by atoms with Gasteiger partial charge in [0.1, 0.15) is 0 Å². The Labute approximate surface area is 135 Å². The Morgan fingerprint density at radius 1 is 1.30 bits per heavy atom. The highest BCUT2D eigenvalue weighted by atomic mass is 16.5. The minimum absolute atomic E-state index is 0.0318. The molecule has 0 amide bonds. The number of rotatable bonds is 3. The molecule has 23 heavy (non-hydrogen) atoms. The first-order valence-electron chi connectivity index (χ1n) is 8.02. The minimum atomic E-state index is -0.0318. The molecule has 1 aliphatic heterocycles. The van der Waals surface area contributed by atoms with Crippen LogP contribution in [0, 0.1) is 0 Å². The molecule has 0 radical (unpaired) electrons. The number of nitrogens with zero attached hydrogens (tertiary/aromatic N) is 4. The molecule has 0 saturated carbocycles. The van der Waals surface area contributed by atoms with E-state index < -0.39 is 0 Å². The largest absolute Gasteiger partial charge is 0.375 e. The van der Waals surface area contributed by atoms with Gasteiger partial charge in [0.25, 0.3) is 5.56 Å². The average Bonchev–Trinajstić information content (AvgIpc) is 2.57. The van der Waals surface area contributed by atoms with Gasteiger partial charge in [0.15, 0.2) is 0 Å². The predicted molar refractivity (Wildman–Crippen MR) is 89.6 cm³/mol. The second kappa shape index (κ2) is 6.50. The van der Waals surface area contributed by atoms with Crippen LogP contribution in [-0.4, -0.2) is 39.8 Å². The highest BCUT2D eigenvalue weighted by Gasteiger charge is 2.28. The lowest BCUT2D eigenvalue weighted by atomic mass is 10.1. The van der Waals surface area contributed by atoms with E-state index in [1.807, 2.05) is 19.1 Å². The molecule has 3 rings (SSSR count). The molecule has 2 atom stereocenters. The smallest absolute Gasteiger partial charge is 0.255 e. The first kappa shape index (κ1) is 15.7. The predicted octanol–water partition coefficient (Wildman–Crippen LogP) is 1.94. The number of hydrogen-bond acceptors (Lipinski definition) is 5. The van der Waals surface area contributed by atoms with Gasteiger partial charge in [-0.15, -0.1) is 0 Å². The fourth-order valence-electron chi connectivity index (χ4n) is 2.90. The zero-order valence-electron chi connectivity index (χ0n) is 13.8. The molecule has 0 aromatic carbocycles. The number of ether oxygens (including phenoxy) is 1. The van der Waals surface area contributed by atoms with Gasteiger partial charge in [0, 0.05) is 37.1 Å². The van der Waals surface area contributed by atoms with Crippen LogP contribution >= 0.6 is 0 Å². The van der Waals surface area contributed by atoms with E-state index >= 15 is 0 Å². The van der Waals surface area contributed by atoms with Crippen LogP contribution in [0.3, 0.4) is 0 Å². The molecular weight excluding hydrogens is 292 g/mol. The molecule has 0 bridgehead atoms. The number of anilines is 1. The molecule has 122 valence electrons. The first-order valence-corrected chi connectivity index (χ1v) is 8.02. The van der Waals surface area contributed by atoms with Crippen molar-refractivity contribution < 1.29 is 4.74 Å². The van der Waals surface area contributed by atoms with Crippen molar-refractivity contribution >= 4 is 5.95 Å². The summed E-state index contributed by atoms with van der Waals surface area (Å²) in [6.45, 7) is 8.10. The molecule has 0 unspecified atom stereocenters. The Morgan fingerprint density at radius 3 is 2.74 bits per heavy atom. The van der Waals surface area contributed by atoms with Gasteiger partial charge in [-0.25, -0.2) is 4.98 Å². The Morgan fingerprint density at radius 2 is 2.04 bits per heavy atom. The topological polar surface area (TPSA) is 60.2 Å². The zero-order valence-corrected chi connectivity index (χ0v) is 13.8. The lowest BCUT2D eigenvalue weighted by Gasteiger charge is -2.39. The van der Waals surface area contributed by atoms with Crippen LogP contribution in [0.1, 0.15) is 20.8 Å². The SMILES string of the molecule is CCn1c(N2CCO[C@@H](C)[C@H]2C)nc(-c2ccncc2)cc1=O. The highest BCUT2D eigenvalue weighted by Crippen LogP contribution is 2.23. The maximum absolute atomic E-state index is 12.5. The van der Waals surface area contributed by atoms with Crippen LogP contribution in [0.15, 0.2) is 35.4 Å². The van der Waals surface area contributed by atoms with Gasteiger partial charge >= 0.3 is 0 Å². The van der Waals surface area contributed by atoms with Gasteiger partial charge in [-0.05, 0) is 32.9 Å². The minimum Gasteiger partial charge on any atom is -0.375 e. The van der Waals surface area contributed by atoms with Crippen LogP contribution in [0.25, 0.3) is 11.3 Å². The van der Waals surface area contributed by atoms with Crippen LogP contribution in [0.4, 0.5) is 5.95 Å². The Hall–Kier alpha value is -2.21. The molecule has 0 spiro atoms. The van der Waals surface area contributed by atoms with E-state index in [4.69, 9.17) is 9.72 Å². The Balaban J connectivity index is 2.11. The summed E-state index contributed by atoms with van der Waals surface area (Å²) in [7, 11) is 0. The molecule has 0 aliphatic carbocycles. The van der Waals surface area contributed by atoms with Crippen molar-refractivity contribution in [3.63, 3.8) is 0 Å². The molecule has 6 nitrogen and oxygen atoms in total. The summed E-state index contributed by atoms with van der Waals surface area (Å²) in [6.07, 6.45) is 3.53. The second-order valence-electron chi connectivity index (χ2n) is 5.77. The third-order valence-corrected chi connectivity index (χ3v) is 4.42. The molecule has 0 N–H and O–H groups in total. The van der Waals surface area contributed by atoms with Gasteiger partial charge in [-0.3, -0.25) is 14.3 Å². The molecule has 2 aromatic rings. The molecular formula is C17H22N4O2. The van der Waals surface area contributed by atoms with Crippen molar-refractivity contribution in [2.75, 3.05) is 18.1 Å². The molecule has 1 fully saturated rings. The van der Waals surface area contributed by atoms with Crippen molar-refractivity contribution in [1.82, 2.24) is 14.5 Å². The lowest BCUT2D eigenvalue weighted by molar-refractivity contribution is 0.0274. The van der Waals surface area contributed by atoms with Gasteiger partial charge < -0.3 is 9.64 Å². The van der Waals surface area contributed by atoms with E-state index in [9.17, 15) is 4.79 Å². The van der Waals surface area contributed by atoms with E-state index in [1.54, 1.807) is 23.0 Å². The Bertz CT molecular complexity index is 729. The van der Waals surface area contributed by atoms with Crippen LogP contribution in [-0.2, 0) is 11.3 Å². The standard InChI is InChI=1S/C17H22N4O2/c1-4-20-16(22)11-15(14-5-7-18-8-6-14)19-17(20)21-9-10-23-13(3)12(21)2/h5-8,11-13H,4,9-10H2,1-3H3/t12-,13+/m1/s1. The summed E-state index contributed by atoms with van der Waals surface area (Å²) >= 11 is 0. The van der Waals surface area contributed by atoms with E-state index in [0.29, 0.717) is 18.8 Å². The summed E-state index contributed by atoms with van der Waals surface area (Å²) in [5.74, 6) is 0.717. The van der Waals surface area contributed by atoms with E-state index in [-0.39, 0.29) is 17.7 Å². The van der Waals surface area contributed by atoms with Gasteiger partial charge in [-0.2, -0.15) is 0 Å². The summed E-state index contributed by atoms with van der Waals surface area (Å²) in [5.41, 5.74) is 1.55. The first-order chi connectivity index (χ1) is 11.1. The highest BCUT2D eigenvalue weighted by molar-refractivity contribution is 5.59. The fourth-order valence-corrected chi connectivity index (χ4v) is 2.90. The van der Waals surface area contributed by atoms with E-state index in [2.05, 4.69) is 23.7 Å². The van der Waals surface area contributed by atoms with Crippen molar-refractivity contribution in [3.05, 3.63) is 40.9 Å². The third kappa shape index (κ3) is 2.99. The molecule has 1 saturated heterocycles. The van der Waals surface area contributed by atoms with Crippen LogP contribution < -0.4 is 10.5 Å². The van der Waals surface area contributed by atoms with Crippen molar-refractivity contribution in [2.45, 2.75) is 39.5 Å². The fraction of sp³-hybridized carbons (Fsp3) is 0.471. The maximum atomic E-state index is 12.5. The monoisotopic (exact) mass is 314 g/mol. The zero-order chi connectivity index (χ0) is 16.4. The number of pyridine rings is 1. The Kier molecular flexibility index (Phi) is 4.43. The lowest BCUT2D eigenvalue weighted by Crippen LogP contribution is -2.50. The second-order valence-corrected chi connectivity index (χ2v) is 5.77. The van der Waals surface area contributed by atoms with Gasteiger partial charge in [0.05, 0.1) is 24.4 Å². The van der Waals surface area contributed by atoms with Crippen LogP contribution in [0.5, 0.6) is 0 Å². The van der Waals surface area contributed by atoms with Crippen molar-refractivity contribution in [1.29, 1.82) is 0 Å². The van der Waals surface area contributed by atoms with E-state index in [0.717, 1.165) is 18.1 Å². The summed E-state index contributed by atoms with van der Waals surface area (Å²) < 4.78 is 7.42. The van der Waals surface area contributed by atoms with Gasteiger partial charge in [-0.1, -0.05) is 0 Å². The van der Waals surface area contributed by atoms with Crippen molar-refractivity contribution in [3.8, 4) is 11.3 Å². The molecule has 1 aliphatic rings. The average molecular weight is 314 g/mol. The quantitative estimate of drug-likeness (QED) is 0.866. The number of aromatic nitrogens is 3. The van der Waals surface area contributed by atoms with Crippen molar-refractivity contribution in [2.24, 2.45) is 0 Å². The summed E-state index contributed by atoms with van der Waals surface area (Å²) in [6, 6.07) is 5.50. The number of morpholine rings is 1. The summed E-state index contributed by atoms with van der Waals surface area (Å²) in [4.78, 5) is 23.5. The summed E-state index contributed by atoms with van der Waals surface area (Å²) in [5, 5.41) is 0.